The molecule has 0 aromatic heterocycles. The number of rotatable bonds is 6. The molecule has 0 bridgehead atoms. The van der Waals surface area contributed by atoms with E-state index in [1.54, 1.807) is 13.2 Å². The maximum Gasteiger partial charge on any atom is 0.239 e. The highest BCUT2D eigenvalue weighted by Gasteiger charge is 2.07. The Morgan fingerprint density at radius 2 is 2.22 bits per heavy atom. The van der Waals surface area contributed by atoms with Crippen molar-refractivity contribution in [1.29, 1.82) is 0 Å². The van der Waals surface area contributed by atoms with E-state index < -0.39 is 0 Å². The zero-order valence-electron chi connectivity index (χ0n) is 10.9. The number of carbonyl (C=O) groups is 1. The fourth-order valence-corrected chi connectivity index (χ4v) is 1.85. The van der Waals surface area contributed by atoms with E-state index in [9.17, 15) is 4.79 Å². The Morgan fingerprint density at radius 1 is 1.50 bits per heavy atom. The number of carbonyl (C=O) groups excluding carboxylic acids is 1. The Balaban J connectivity index is 2.42. The molecule has 1 atom stereocenters. The van der Waals surface area contributed by atoms with Crippen molar-refractivity contribution in [3.63, 3.8) is 0 Å². The predicted octanol–water partition coefficient (Wildman–Crippen LogP) is 2.21. The maximum atomic E-state index is 11.6. The molecular formula is C13H19ClN2O2. The summed E-state index contributed by atoms with van der Waals surface area (Å²) < 4.78 is 4.95. The van der Waals surface area contributed by atoms with Gasteiger partial charge in [0, 0.05) is 23.9 Å². The molecule has 0 spiro atoms. The number of hydrogen-bond donors (Lipinski definition) is 2. The quantitative estimate of drug-likeness (QED) is 0.833. The van der Waals surface area contributed by atoms with E-state index in [-0.39, 0.29) is 18.5 Å². The van der Waals surface area contributed by atoms with Gasteiger partial charge in [0.2, 0.25) is 5.91 Å². The lowest BCUT2D eigenvalue weighted by Gasteiger charge is -2.14. The number of hydrogen-bond acceptors (Lipinski definition) is 3. The van der Waals surface area contributed by atoms with E-state index in [4.69, 9.17) is 16.3 Å². The van der Waals surface area contributed by atoms with Gasteiger partial charge in [0.25, 0.3) is 0 Å². The third-order valence-electron chi connectivity index (χ3n) is 2.45. The minimum atomic E-state index is -0.0612. The Hall–Kier alpha value is -1.26. The molecule has 5 heteroatoms. The molecule has 1 rings (SSSR count). The zero-order chi connectivity index (χ0) is 13.5. The van der Waals surface area contributed by atoms with Crippen LogP contribution in [0.5, 0.6) is 0 Å². The first-order valence-corrected chi connectivity index (χ1v) is 6.19. The van der Waals surface area contributed by atoms with Crippen molar-refractivity contribution >= 4 is 23.2 Å². The van der Waals surface area contributed by atoms with Crippen molar-refractivity contribution in [3.05, 3.63) is 28.8 Å². The van der Waals surface area contributed by atoms with Crippen LogP contribution >= 0.6 is 11.6 Å². The molecule has 0 fully saturated rings. The van der Waals surface area contributed by atoms with Crippen LogP contribution in [0.4, 0.5) is 5.69 Å². The number of benzene rings is 1. The van der Waals surface area contributed by atoms with Gasteiger partial charge in [-0.2, -0.15) is 0 Å². The molecule has 0 heterocycles. The number of aryl methyl sites for hydroxylation is 1. The average Bonchev–Trinajstić information content (AvgIpc) is 2.28. The molecule has 0 aliphatic rings. The summed E-state index contributed by atoms with van der Waals surface area (Å²) in [6.45, 7) is 4.58. The number of amides is 1. The molecule has 1 aromatic carbocycles. The van der Waals surface area contributed by atoms with Gasteiger partial charge in [-0.05, 0) is 37.6 Å². The van der Waals surface area contributed by atoms with Gasteiger partial charge in [0.05, 0.1) is 13.2 Å². The minimum absolute atomic E-state index is 0.00983. The number of ether oxygens (including phenoxy) is 1. The summed E-state index contributed by atoms with van der Waals surface area (Å²) >= 11 is 5.86. The lowest BCUT2D eigenvalue weighted by molar-refractivity contribution is -0.120. The molecule has 0 aliphatic heterocycles. The molecule has 1 amide bonds. The Kier molecular flexibility index (Phi) is 5.95. The molecule has 4 nitrogen and oxygen atoms in total. The fourth-order valence-electron chi connectivity index (χ4n) is 1.62. The molecule has 2 N–H and O–H groups in total. The van der Waals surface area contributed by atoms with Crippen molar-refractivity contribution in [1.82, 2.24) is 5.32 Å². The van der Waals surface area contributed by atoms with E-state index >= 15 is 0 Å². The van der Waals surface area contributed by atoms with Gasteiger partial charge in [-0.1, -0.05) is 11.6 Å². The average molecular weight is 271 g/mol. The van der Waals surface area contributed by atoms with Gasteiger partial charge < -0.3 is 15.4 Å². The van der Waals surface area contributed by atoms with Crippen molar-refractivity contribution in [3.8, 4) is 0 Å². The smallest absolute Gasteiger partial charge is 0.239 e. The monoisotopic (exact) mass is 270 g/mol. The molecular weight excluding hydrogens is 252 g/mol. The summed E-state index contributed by atoms with van der Waals surface area (Å²) in [4.78, 5) is 11.6. The van der Waals surface area contributed by atoms with Crippen LogP contribution in [0.15, 0.2) is 18.2 Å². The summed E-state index contributed by atoms with van der Waals surface area (Å²) in [6.07, 6.45) is 0. The van der Waals surface area contributed by atoms with Gasteiger partial charge in [-0.25, -0.2) is 0 Å². The van der Waals surface area contributed by atoms with E-state index in [0.717, 1.165) is 11.3 Å². The third-order valence-corrected chi connectivity index (χ3v) is 2.69. The fraction of sp³-hybridized carbons (Fsp3) is 0.462. The zero-order valence-corrected chi connectivity index (χ0v) is 11.7. The lowest BCUT2D eigenvalue weighted by Crippen LogP contribution is -2.39. The first kappa shape index (κ1) is 14.8. The number of anilines is 1. The largest absolute Gasteiger partial charge is 0.383 e. The van der Waals surface area contributed by atoms with Crippen LogP contribution in [-0.2, 0) is 9.53 Å². The normalized spacial score (nSPS) is 12.0. The molecule has 0 saturated heterocycles. The summed E-state index contributed by atoms with van der Waals surface area (Å²) in [7, 11) is 1.61. The summed E-state index contributed by atoms with van der Waals surface area (Å²) in [6, 6.07) is 5.52. The van der Waals surface area contributed by atoms with Crippen LogP contribution in [0.2, 0.25) is 5.02 Å². The SMILES string of the molecule is COCC(C)NC(=O)CNc1ccc(Cl)cc1C. The van der Waals surface area contributed by atoms with Crippen molar-refractivity contribution in [2.45, 2.75) is 19.9 Å². The molecule has 0 aliphatic carbocycles. The second kappa shape index (κ2) is 7.24. The number of nitrogens with one attached hydrogen (secondary N) is 2. The van der Waals surface area contributed by atoms with E-state index in [2.05, 4.69) is 10.6 Å². The molecule has 0 radical (unpaired) electrons. The van der Waals surface area contributed by atoms with Crippen molar-refractivity contribution < 1.29 is 9.53 Å². The number of methoxy groups -OCH3 is 1. The highest BCUT2D eigenvalue weighted by atomic mass is 35.5. The van der Waals surface area contributed by atoms with E-state index in [1.807, 2.05) is 26.0 Å². The van der Waals surface area contributed by atoms with Crippen LogP contribution in [-0.4, -0.2) is 32.2 Å². The van der Waals surface area contributed by atoms with Gasteiger partial charge in [-0.15, -0.1) is 0 Å². The van der Waals surface area contributed by atoms with Gasteiger partial charge in [0.1, 0.15) is 0 Å². The van der Waals surface area contributed by atoms with E-state index in [1.165, 1.54) is 0 Å². The summed E-state index contributed by atoms with van der Waals surface area (Å²) in [5.41, 5.74) is 1.93. The van der Waals surface area contributed by atoms with Crippen LogP contribution in [0.25, 0.3) is 0 Å². The maximum absolute atomic E-state index is 11.6. The molecule has 100 valence electrons. The van der Waals surface area contributed by atoms with Gasteiger partial charge in [0.15, 0.2) is 0 Å². The van der Waals surface area contributed by atoms with Crippen LogP contribution in [0.3, 0.4) is 0 Å². The second-order valence-electron chi connectivity index (χ2n) is 4.24. The van der Waals surface area contributed by atoms with Crippen LogP contribution in [0, 0.1) is 6.92 Å². The first-order valence-electron chi connectivity index (χ1n) is 5.81. The summed E-state index contributed by atoms with van der Waals surface area (Å²) in [5.74, 6) is -0.0612. The first-order chi connectivity index (χ1) is 8.52. The highest BCUT2D eigenvalue weighted by Crippen LogP contribution is 2.19. The van der Waals surface area contributed by atoms with Crippen LogP contribution < -0.4 is 10.6 Å². The third kappa shape index (κ3) is 4.94. The van der Waals surface area contributed by atoms with Crippen molar-refractivity contribution in [2.75, 3.05) is 25.6 Å². The van der Waals surface area contributed by atoms with Crippen LogP contribution in [0.1, 0.15) is 12.5 Å². The minimum Gasteiger partial charge on any atom is -0.383 e. The predicted molar refractivity (Wildman–Crippen MR) is 74.2 cm³/mol. The topological polar surface area (TPSA) is 50.4 Å². The van der Waals surface area contributed by atoms with E-state index in [0.29, 0.717) is 11.6 Å². The molecule has 1 unspecified atom stereocenters. The van der Waals surface area contributed by atoms with Gasteiger partial charge in [-0.3, -0.25) is 4.79 Å². The molecule has 1 aromatic rings. The van der Waals surface area contributed by atoms with Crippen molar-refractivity contribution in [2.24, 2.45) is 0 Å². The lowest BCUT2D eigenvalue weighted by atomic mass is 10.2. The Morgan fingerprint density at radius 3 is 2.83 bits per heavy atom. The highest BCUT2D eigenvalue weighted by molar-refractivity contribution is 6.30. The Bertz CT molecular complexity index is 410. The van der Waals surface area contributed by atoms with Gasteiger partial charge >= 0.3 is 0 Å². The molecule has 18 heavy (non-hydrogen) atoms. The molecule has 0 saturated carbocycles. The number of halogens is 1. The summed E-state index contributed by atoms with van der Waals surface area (Å²) in [5, 5.41) is 6.60. The standard InChI is InChI=1S/C13H19ClN2O2/c1-9-6-11(14)4-5-12(9)15-7-13(17)16-10(2)8-18-3/h4-6,10,15H,7-8H2,1-3H3,(H,16,17). The Labute approximate surface area is 113 Å². The second-order valence-corrected chi connectivity index (χ2v) is 4.67.